The highest BCUT2D eigenvalue weighted by Crippen LogP contribution is 2.47. The van der Waals surface area contributed by atoms with Crippen LogP contribution in [-0.2, 0) is 19.5 Å². The predicted octanol–water partition coefficient (Wildman–Crippen LogP) is 5.29. The molecule has 0 amide bonds. The van der Waals surface area contributed by atoms with Crippen LogP contribution in [-0.4, -0.2) is 0 Å². The highest BCUT2D eigenvalue weighted by molar-refractivity contribution is 5.71. The molecule has 0 aliphatic carbocycles. The fraction of sp³-hybridized carbons (Fsp3) is 0.217. The van der Waals surface area contributed by atoms with E-state index in [0.29, 0.717) is 0 Å². The van der Waals surface area contributed by atoms with E-state index in [4.69, 9.17) is 0 Å². The number of rotatable bonds is 2. The molecule has 0 radical (unpaired) electrons. The van der Waals surface area contributed by atoms with Crippen molar-refractivity contribution in [3.05, 3.63) is 95.1 Å². The van der Waals surface area contributed by atoms with E-state index < -0.39 is 0 Å². The van der Waals surface area contributed by atoms with Crippen molar-refractivity contribution >= 4 is 11.4 Å². The van der Waals surface area contributed by atoms with Crippen molar-refractivity contribution in [2.45, 2.75) is 32.6 Å². The maximum Gasteiger partial charge on any atom is 0.129 e. The van der Waals surface area contributed by atoms with Crippen molar-refractivity contribution < 1.29 is 0 Å². The van der Waals surface area contributed by atoms with Gasteiger partial charge in [-0.2, -0.15) is 0 Å². The number of nitrogens with zero attached hydrogens (tertiary/aromatic N) is 2. The molecule has 25 heavy (non-hydrogen) atoms. The van der Waals surface area contributed by atoms with Crippen LogP contribution in [0.25, 0.3) is 0 Å². The summed E-state index contributed by atoms with van der Waals surface area (Å²) < 4.78 is 0. The van der Waals surface area contributed by atoms with Crippen molar-refractivity contribution in [2.24, 2.45) is 0 Å². The summed E-state index contributed by atoms with van der Waals surface area (Å²) in [5.41, 5.74) is 8.53. The normalized spacial score (nSPS) is 17.9. The monoisotopic (exact) mass is 326 g/mol. The number of para-hydroxylation sites is 1. The molecule has 0 fully saturated rings. The predicted molar refractivity (Wildman–Crippen MR) is 104 cm³/mol. The molecule has 0 spiro atoms. The van der Waals surface area contributed by atoms with Gasteiger partial charge in [0.1, 0.15) is 6.17 Å². The third kappa shape index (κ3) is 2.17. The average Bonchev–Trinajstić information content (AvgIpc) is 2.68. The molecule has 1 unspecified atom stereocenters. The maximum absolute atomic E-state index is 2.58. The van der Waals surface area contributed by atoms with Gasteiger partial charge in [0, 0.05) is 24.5 Å². The molecule has 2 bridgehead atoms. The van der Waals surface area contributed by atoms with Crippen LogP contribution in [0.5, 0.6) is 0 Å². The molecule has 0 saturated carbocycles. The highest BCUT2D eigenvalue weighted by atomic mass is 15.4. The molecule has 0 aromatic heterocycles. The molecule has 2 heteroatoms. The smallest absolute Gasteiger partial charge is 0.129 e. The van der Waals surface area contributed by atoms with Crippen LogP contribution in [0.1, 0.15) is 35.3 Å². The van der Waals surface area contributed by atoms with Gasteiger partial charge < -0.3 is 9.80 Å². The minimum atomic E-state index is 0.274. The van der Waals surface area contributed by atoms with E-state index in [1.54, 1.807) is 0 Å². The van der Waals surface area contributed by atoms with Crippen molar-refractivity contribution in [3.63, 3.8) is 0 Å². The van der Waals surface area contributed by atoms with Crippen LogP contribution in [0, 0.1) is 0 Å². The van der Waals surface area contributed by atoms with E-state index in [-0.39, 0.29) is 6.17 Å². The fourth-order valence-electron chi connectivity index (χ4n) is 4.44. The zero-order valence-corrected chi connectivity index (χ0v) is 14.5. The molecule has 124 valence electrons. The third-order valence-corrected chi connectivity index (χ3v) is 5.60. The summed E-state index contributed by atoms with van der Waals surface area (Å²) in [6, 6.07) is 26.6. The molecule has 0 saturated heterocycles. The van der Waals surface area contributed by atoms with E-state index in [2.05, 4.69) is 89.5 Å². The number of fused-ring (bicyclic) bond motifs is 6. The Bertz CT molecular complexity index is 916. The van der Waals surface area contributed by atoms with Crippen LogP contribution < -0.4 is 9.80 Å². The maximum atomic E-state index is 2.58. The van der Waals surface area contributed by atoms with Gasteiger partial charge in [-0.25, -0.2) is 0 Å². The molecule has 5 rings (SSSR count). The van der Waals surface area contributed by atoms with Crippen LogP contribution in [0.2, 0.25) is 0 Å². The van der Waals surface area contributed by atoms with Gasteiger partial charge in [-0.1, -0.05) is 67.6 Å². The number of hydrogen-bond donors (Lipinski definition) is 0. The first-order chi connectivity index (χ1) is 12.4. The van der Waals surface area contributed by atoms with E-state index >= 15 is 0 Å². The minimum Gasteiger partial charge on any atom is -0.343 e. The lowest BCUT2D eigenvalue weighted by atomic mass is 9.92. The van der Waals surface area contributed by atoms with E-state index in [1.807, 2.05) is 0 Å². The van der Waals surface area contributed by atoms with Gasteiger partial charge in [0.05, 0.1) is 0 Å². The Morgan fingerprint density at radius 3 is 2.32 bits per heavy atom. The second kappa shape index (κ2) is 5.66. The van der Waals surface area contributed by atoms with Crippen LogP contribution in [0.15, 0.2) is 72.8 Å². The second-order valence-corrected chi connectivity index (χ2v) is 6.94. The first-order valence-electron chi connectivity index (χ1n) is 9.13. The van der Waals surface area contributed by atoms with Gasteiger partial charge in [-0.3, -0.25) is 0 Å². The lowest BCUT2D eigenvalue weighted by molar-refractivity contribution is 0.517. The van der Waals surface area contributed by atoms with Gasteiger partial charge in [-0.05, 0) is 40.8 Å². The molecule has 2 aliphatic heterocycles. The molecule has 2 heterocycles. The lowest BCUT2D eigenvalue weighted by Crippen LogP contribution is -2.49. The summed E-state index contributed by atoms with van der Waals surface area (Å²) in [6.45, 7) is 4.20. The zero-order valence-electron chi connectivity index (χ0n) is 14.5. The Morgan fingerprint density at radius 2 is 1.48 bits per heavy atom. The molecule has 3 aromatic rings. The molecular weight excluding hydrogens is 304 g/mol. The van der Waals surface area contributed by atoms with Crippen molar-refractivity contribution in [1.82, 2.24) is 0 Å². The first kappa shape index (κ1) is 14.6. The quantitative estimate of drug-likeness (QED) is 0.631. The highest BCUT2D eigenvalue weighted by Gasteiger charge is 2.38. The zero-order chi connectivity index (χ0) is 16.8. The summed E-state index contributed by atoms with van der Waals surface area (Å²) in [5, 5.41) is 0. The summed E-state index contributed by atoms with van der Waals surface area (Å²) in [5.74, 6) is 0. The van der Waals surface area contributed by atoms with Crippen LogP contribution in [0.4, 0.5) is 11.4 Å². The molecular formula is C23H22N2. The summed E-state index contributed by atoms with van der Waals surface area (Å²) in [4.78, 5) is 5.16. The van der Waals surface area contributed by atoms with Crippen molar-refractivity contribution in [3.8, 4) is 0 Å². The largest absolute Gasteiger partial charge is 0.343 e. The van der Waals surface area contributed by atoms with Crippen LogP contribution >= 0.6 is 0 Å². The van der Waals surface area contributed by atoms with Crippen molar-refractivity contribution in [1.29, 1.82) is 0 Å². The molecule has 2 nitrogen and oxygen atoms in total. The van der Waals surface area contributed by atoms with Gasteiger partial charge >= 0.3 is 0 Å². The van der Waals surface area contributed by atoms with Gasteiger partial charge in [-0.15, -0.1) is 0 Å². The summed E-state index contributed by atoms with van der Waals surface area (Å²) >= 11 is 0. The topological polar surface area (TPSA) is 6.48 Å². The Balaban J connectivity index is 1.73. The number of aryl methyl sites for hydroxylation is 1. The van der Waals surface area contributed by atoms with Gasteiger partial charge in [0.25, 0.3) is 0 Å². The average molecular weight is 326 g/mol. The fourth-order valence-corrected chi connectivity index (χ4v) is 4.44. The number of benzene rings is 3. The number of anilines is 2. The minimum absolute atomic E-state index is 0.274. The third-order valence-electron chi connectivity index (χ3n) is 5.60. The van der Waals surface area contributed by atoms with Gasteiger partial charge in [0.15, 0.2) is 0 Å². The Labute approximate surface area is 149 Å². The summed E-state index contributed by atoms with van der Waals surface area (Å²) in [7, 11) is 0. The Morgan fingerprint density at radius 1 is 0.760 bits per heavy atom. The second-order valence-electron chi connectivity index (χ2n) is 6.94. The Hall–Kier alpha value is -2.74. The Kier molecular flexibility index (Phi) is 3.30. The molecule has 0 N–H and O–H groups in total. The van der Waals surface area contributed by atoms with Gasteiger partial charge in [0.2, 0.25) is 0 Å². The molecule has 1 atom stereocenters. The summed E-state index contributed by atoms with van der Waals surface area (Å²) in [6.07, 6.45) is 1.36. The van der Waals surface area contributed by atoms with E-state index in [9.17, 15) is 0 Å². The first-order valence-corrected chi connectivity index (χ1v) is 9.13. The van der Waals surface area contributed by atoms with Crippen LogP contribution in [0.3, 0.4) is 0 Å². The number of hydrogen-bond acceptors (Lipinski definition) is 2. The van der Waals surface area contributed by atoms with Crippen molar-refractivity contribution in [2.75, 3.05) is 9.80 Å². The molecule has 3 aromatic carbocycles. The van der Waals surface area contributed by atoms with E-state index in [0.717, 1.165) is 19.5 Å². The SMILES string of the molecule is CCc1cccc2c1CN1c3ccccc3CN2C1c1ccccc1. The molecule has 2 aliphatic rings. The van der Waals surface area contributed by atoms with E-state index in [1.165, 1.54) is 33.6 Å². The lowest BCUT2D eigenvalue weighted by Gasteiger charge is -2.52. The standard InChI is InChI=1S/C23H22N2/c1-2-17-12-8-14-22-20(17)16-25-21-13-7-6-11-19(21)15-24(22)23(25)18-9-4-3-5-10-18/h3-14,23H,2,15-16H2,1H3.